The fourth-order valence-electron chi connectivity index (χ4n) is 3.53. The van der Waals surface area contributed by atoms with E-state index in [1.807, 2.05) is 41.3 Å². The van der Waals surface area contributed by atoms with Crippen LogP contribution < -0.4 is 4.74 Å². The van der Waals surface area contributed by atoms with E-state index in [0.717, 1.165) is 16.7 Å². The van der Waals surface area contributed by atoms with Crippen molar-refractivity contribution in [1.82, 2.24) is 4.90 Å². The molecule has 0 aliphatic carbocycles. The summed E-state index contributed by atoms with van der Waals surface area (Å²) in [5, 5.41) is 0. The number of ether oxygens (including phenoxy) is 1. The third-order valence-corrected chi connectivity index (χ3v) is 6.02. The second-order valence-electron chi connectivity index (χ2n) is 6.65. The number of rotatable bonds is 3. The van der Waals surface area contributed by atoms with Crippen LogP contribution in [-0.4, -0.2) is 45.7 Å². The van der Waals surface area contributed by atoms with E-state index in [1.165, 1.54) is 13.4 Å². The van der Waals surface area contributed by atoms with Gasteiger partial charge in [-0.3, -0.25) is 4.79 Å². The minimum Gasteiger partial charge on any atom is -0.495 e. The molecule has 2 aromatic rings. The number of carbonyl (C=O) groups is 1. The van der Waals surface area contributed by atoms with Crippen LogP contribution >= 0.6 is 0 Å². The molecule has 3 rings (SSSR count). The van der Waals surface area contributed by atoms with Crippen molar-refractivity contribution in [3.63, 3.8) is 0 Å². The number of fused-ring (bicyclic) bond motifs is 1. The van der Waals surface area contributed by atoms with Gasteiger partial charge in [-0.1, -0.05) is 30.3 Å². The van der Waals surface area contributed by atoms with Crippen LogP contribution in [0.5, 0.6) is 5.75 Å². The lowest BCUT2D eigenvalue weighted by Gasteiger charge is -2.25. The monoisotopic (exact) mass is 373 g/mol. The van der Waals surface area contributed by atoms with Gasteiger partial charge in [0.1, 0.15) is 10.6 Å². The standard InChI is InChI=1S/C20H23NO4S/c1-14(22)21-10-9-16-11-20(26(3,23)24)19(25-2)12-17(16)18(13-21)15-7-5-4-6-8-15/h4-8,11-12,18H,9-10,13H2,1-3H3. The lowest BCUT2D eigenvalue weighted by molar-refractivity contribution is -0.128. The molecule has 1 amide bonds. The van der Waals surface area contributed by atoms with Crippen LogP contribution in [0.1, 0.15) is 29.5 Å². The highest BCUT2D eigenvalue weighted by atomic mass is 32.2. The Morgan fingerprint density at radius 2 is 1.88 bits per heavy atom. The van der Waals surface area contributed by atoms with Crippen LogP contribution in [0.15, 0.2) is 47.4 Å². The van der Waals surface area contributed by atoms with Crippen LogP contribution in [-0.2, 0) is 21.1 Å². The zero-order valence-electron chi connectivity index (χ0n) is 15.2. The highest BCUT2D eigenvalue weighted by Crippen LogP contribution is 2.37. The highest BCUT2D eigenvalue weighted by molar-refractivity contribution is 7.90. The first-order chi connectivity index (χ1) is 12.3. The molecule has 1 aliphatic heterocycles. The van der Waals surface area contributed by atoms with Gasteiger partial charge in [-0.2, -0.15) is 0 Å². The summed E-state index contributed by atoms with van der Waals surface area (Å²) in [5.41, 5.74) is 3.06. The van der Waals surface area contributed by atoms with Crippen molar-refractivity contribution in [2.75, 3.05) is 26.5 Å². The van der Waals surface area contributed by atoms with E-state index in [0.29, 0.717) is 25.3 Å². The predicted octanol–water partition coefficient (Wildman–Crippen LogP) is 2.64. The van der Waals surface area contributed by atoms with Gasteiger partial charge in [-0.15, -0.1) is 0 Å². The number of benzene rings is 2. The first-order valence-corrected chi connectivity index (χ1v) is 10.4. The zero-order valence-corrected chi connectivity index (χ0v) is 16.0. The largest absolute Gasteiger partial charge is 0.495 e. The van der Waals surface area contributed by atoms with E-state index in [9.17, 15) is 13.2 Å². The molecular formula is C20H23NO4S. The Kier molecular flexibility index (Phi) is 5.05. The topological polar surface area (TPSA) is 63.7 Å². The Morgan fingerprint density at radius 1 is 1.19 bits per heavy atom. The highest BCUT2D eigenvalue weighted by Gasteiger charge is 2.28. The van der Waals surface area contributed by atoms with Gasteiger partial charge in [0.15, 0.2) is 9.84 Å². The lowest BCUT2D eigenvalue weighted by Crippen LogP contribution is -2.33. The zero-order chi connectivity index (χ0) is 18.9. The Balaban J connectivity index is 2.20. The van der Waals surface area contributed by atoms with E-state index in [-0.39, 0.29) is 16.7 Å². The summed E-state index contributed by atoms with van der Waals surface area (Å²) in [7, 11) is -1.93. The molecule has 0 spiro atoms. The van der Waals surface area contributed by atoms with E-state index >= 15 is 0 Å². The molecule has 0 saturated heterocycles. The number of carbonyl (C=O) groups excluding carboxylic acids is 1. The third-order valence-electron chi connectivity index (χ3n) is 4.90. The van der Waals surface area contributed by atoms with Gasteiger partial charge in [-0.05, 0) is 35.2 Å². The maximum atomic E-state index is 12.2. The van der Waals surface area contributed by atoms with Crippen molar-refractivity contribution in [1.29, 1.82) is 0 Å². The Labute approximate surface area is 154 Å². The Bertz CT molecular complexity index is 922. The number of methoxy groups -OCH3 is 1. The van der Waals surface area contributed by atoms with Crippen molar-refractivity contribution in [3.8, 4) is 5.75 Å². The summed E-state index contributed by atoms with van der Waals surface area (Å²) in [5.74, 6) is 0.345. The van der Waals surface area contributed by atoms with E-state index in [1.54, 1.807) is 13.0 Å². The minimum atomic E-state index is -3.41. The predicted molar refractivity (Wildman–Crippen MR) is 100 cm³/mol. The molecule has 26 heavy (non-hydrogen) atoms. The molecule has 0 fully saturated rings. The van der Waals surface area contributed by atoms with Gasteiger partial charge in [0.05, 0.1) is 7.11 Å². The van der Waals surface area contributed by atoms with Crippen LogP contribution in [0.4, 0.5) is 0 Å². The van der Waals surface area contributed by atoms with Crippen molar-refractivity contribution < 1.29 is 17.9 Å². The fourth-order valence-corrected chi connectivity index (χ4v) is 4.39. The third kappa shape index (κ3) is 3.60. The number of amides is 1. The summed E-state index contributed by atoms with van der Waals surface area (Å²) in [6, 6.07) is 13.5. The van der Waals surface area contributed by atoms with Crippen molar-refractivity contribution in [2.24, 2.45) is 0 Å². The van der Waals surface area contributed by atoms with Gasteiger partial charge in [-0.25, -0.2) is 8.42 Å². The second kappa shape index (κ2) is 7.11. The van der Waals surface area contributed by atoms with E-state index in [2.05, 4.69) is 0 Å². The molecule has 0 aromatic heterocycles. The van der Waals surface area contributed by atoms with Crippen LogP contribution in [0.3, 0.4) is 0 Å². The van der Waals surface area contributed by atoms with Gasteiger partial charge in [0.25, 0.3) is 0 Å². The van der Waals surface area contributed by atoms with Gasteiger partial charge >= 0.3 is 0 Å². The van der Waals surface area contributed by atoms with Crippen LogP contribution in [0, 0.1) is 0 Å². The fraction of sp³-hybridized carbons (Fsp3) is 0.350. The lowest BCUT2D eigenvalue weighted by atomic mass is 9.88. The molecule has 138 valence electrons. The molecule has 2 aromatic carbocycles. The summed E-state index contributed by atoms with van der Waals surface area (Å²) in [6.07, 6.45) is 1.80. The summed E-state index contributed by atoms with van der Waals surface area (Å²) in [4.78, 5) is 14.1. The SMILES string of the molecule is COc1cc2c(cc1S(C)(=O)=O)CCN(C(C)=O)CC2c1ccccc1. The number of nitrogens with zero attached hydrogens (tertiary/aromatic N) is 1. The van der Waals surface area contributed by atoms with Gasteiger partial charge < -0.3 is 9.64 Å². The maximum absolute atomic E-state index is 12.2. The number of hydrogen-bond donors (Lipinski definition) is 0. The summed E-state index contributed by atoms with van der Waals surface area (Å²) in [6.45, 7) is 2.70. The molecule has 0 radical (unpaired) electrons. The molecular weight excluding hydrogens is 350 g/mol. The number of sulfone groups is 1. The molecule has 5 nitrogen and oxygen atoms in total. The molecule has 1 unspecified atom stereocenters. The van der Waals surface area contributed by atoms with Gasteiger partial charge in [0.2, 0.25) is 5.91 Å². The quantitative estimate of drug-likeness (QED) is 0.830. The molecule has 0 N–H and O–H groups in total. The van der Waals surface area contributed by atoms with Crippen LogP contribution in [0.2, 0.25) is 0 Å². The maximum Gasteiger partial charge on any atom is 0.219 e. The molecule has 1 heterocycles. The number of hydrogen-bond acceptors (Lipinski definition) is 4. The first kappa shape index (κ1) is 18.5. The van der Waals surface area contributed by atoms with Crippen LogP contribution in [0.25, 0.3) is 0 Å². The van der Waals surface area contributed by atoms with Crippen molar-refractivity contribution in [2.45, 2.75) is 24.2 Å². The molecule has 0 bridgehead atoms. The summed E-state index contributed by atoms with van der Waals surface area (Å²) >= 11 is 0. The summed E-state index contributed by atoms with van der Waals surface area (Å²) < 4.78 is 29.7. The van der Waals surface area contributed by atoms with Crippen molar-refractivity contribution >= 4 is 15.7 Å². The molecule has 1 atom stereocenters. The second-order valence-corrected chi connectivity index (χ2v) is 8.64. The normalized spacial score (nSPS) is 17.3. The Morgan fingerprint density at radius 3 is 2.46 bits per heavy atom. The Hall–Kier alpha value is -2.34. The molecule has 1 aliphatic rings. The first-order valence-electron chi connectivity index (χ1n) is 8.52. The minimum absolute atomic E-state index is 0.0223. The average molecular weight is 373 g/mol. The van der Waals surface area contributed by atoms with E-state index in [4.69, 9.17) is 4.74 Å². The van der Waals surface area contributed by atoms with E-state index < -0.39 is 9.84 Å². The molecule has 0 saturated carbocycles. The average Bonchev–Trinajstić information content (AvgIpc) is 2.80. The molecule has 6 heteroatoms. The van der Waals surface area contributed by atoms with Crippen molar-refractivity contribution in [3.05, 3.63) is 59.2 Å². The van der Waals surface area contributed by atoms with Gasteiger partial charge in [0, 0.05) is 32.2 Å². The smallest absolute Gasteiger partial charge is 0.219 e.